The highest BCUT2D eigenvalue weighted by atomic mass is 35.5. The van der Waals surface area contributed by atoms with Crippen LogP contribution in [-0.4, -0.2) is 20.2 Å². The normalized spacial score (nSPS) is 11.0. The predicted octanol–water partition coefficient (Wildman–Crippen LogP) is 4.34. The Labute approximate surface area is 131 Å². The molecule has 0 fully saturated rings. The lowest BCUT2D eigenvalue weighted by Gasteiger charge is -2.05. The molecule has 0 spiro atoms. The maximum absolute atomic E-state index is 6.05. The Bertz CT molecular complexity index is 961. The molecule has 22 heavy (non-hydrogen) atoms. The largest absolute Gasteiger partial charge is 0.278 e. The highest BCUT2D eigenvalue weighted by Gasteiger charge is 2.06. The van der Waals surface area contributed by atoms with Crippen molar-refractivity contribution in [3.8, 4) is 22.5 Å². The molecule has 0 aliphatic rings. The van der Waals surface area contributed by atoms with Crippen molar-refractivity contribution in [1.82, 2.24) is 20.2 Å². The lowest BCUT2D eigenvalue weighted by Crippen LogP contribution is -1.89. The van der Waals surface area contributed by atoms with E-state index in [4.69, 9.17) is 11.6 Å². The predicted molar refractivity (Wildman–Crippen MR) is 87.6 cm³/mol. The van der Waals surface area contributed by atoms with Crippen molar-refractivity contribution in [2.45, 2.75) is 0 Å². The number of hydrogen-bond acceptors (Lipinski definition) is 3. The number of hydrogen-bond donors (Lipinski definition) is 1. The van der Waals surface area contributed by atoms with Gasteiger partial charge in [-0.3, -0.25) is 5.10 Å². The molecule has 0 atom stereocenters. The molecular weight excluding hydrogens is 296 g/mol. The summed E-state index contributed by atoms with van der Waals surface area (Å²) in [5, 5.41) is 8.73. The summed E-state index contributed by atoms with van der Waals surface area (Å²) in [6.07, 6.45) is 3.38. The van der Waals surface area contributed by atoms with E-state index in [1.807, 2.05) is 42.5 Å². The van der Waals surface area contributed by atoms with Crippen LogP contribution in [-0.2, 0) is 0 Å². The van der Waals surface area contributed by atoms with E-state index in [0.717, 1.165) is 33.4 Å². The molecule has 0 saturated heterocycles. The third-order valence-corrected chi connectivity index (χ3v) is 3.76. The third-order valence-electron chi connectivity index (χ3n) is 3.52. The molecule has 2 heterocycles. The molecule has 4 aromatic rings. The second kappa shape index (κ2) is 5.24. The standard InChI is InChI=1S/C17H11ClN4/c18-14-3-1-2-11(7-14)16-8-17(20-10-19-16)12-4-5-15-13(6-12)9-21-22-15/h1-10H,(H,21,22). The molecule has 0 aliphatic heterocycles. The fourth-order valence-corrected chi connectivity index (χ4v) is 2.61. The minimum Gasteiger partial charge on any atom is -0.278 e. The van der Waals surface area contributed by atoms with Gasteiger partial charge in [0, 0.05) is 21.5 Å². The summed E-state index contributed by atoms with van der Waals surface area (Å²) in [5.41, 5.74) is 4.72. The first-order valence-corrected chi connectivity index (χ1v) is 7.19. The van der Waals surface area contributed by atoms with Crippen LogP contribution in [0.5, 0.6) is 0 Å². The molecule has 0 bridgehead atoms. The molecule has 1 N–H and O–H groups in total. The van der Waals surface area contributed by atoms with Crippen molar-refractivity contribution in [3.63, 3.8) is 0 Å². The zero-order valence-corrected chi connectivity index (χ0v) is 12.2. The first-order chi connectivity index (χ1) is 10.8. The molecule has 0 amide bonds. The average molecular weight is 307 g/mol. The van der Waals surface area contributed by atoms with Crippen LogP contribution in [0, 0.1) is 0 Å². The molecule has 4 nitrogen and oxygen atoms in total. The summed E-state index contributed by atoms with van der Waals surface area (Å²) >= 11 is 6.05. The van der Waals surface area contributed by atoms with Gasteiger partial charge in [0.15, 0.2) is 0 Å². The summed E-state index contributed by atoms with van der Waals surface area (Å²) in [6.45, 7) is 0. The van der Waals surface area contributed by atoms with Gasteiger partial charge in [0.1, 0.15) is 6.33 Å². The zero-order chi connectivity index (χ0) is 14.9. The Balaban J connectivity index is 1.81. The topological polar surface area (TPSA) is 54.5 Å². The molecule has 2 aromatic carbocycles. The Morgan fingerprint density at radius 1 is 0.864 bits per heavy atom. The Morgan fingerprint density at radius 3 is 2.50 bits per heavy atom. The fraction of sp³-hybridized carbons (Fsp3) is 0. The maximum atomic E-state index is 6.05. The van der Waals surface area contributed by atoms with Gasteiger partial charge in [-0.1, -0.05) is 29.8 Å². The molecular formula is C17H11ClN4. The average Bonchev–Trinajstić information content (AvgIpc) is 3.02. The van der Waals surface area contributed by atoms with Gasteiger partial charge in [0.05, 0.1) is 23.1 Å². The van der Waals surface area contributed by atoms with E-state index in [0.29, 0.717) is 5.02 Å². The van der Waals surface area contributed by atoms with Crippen molar-refractivity contribution in [1.29, 1.82) is 0 Å². The molecule has 0 radical (unpaired) electrons. The molecule has 0 unspecified atom stereocenters. The van der Waals surface area contributed by atoms with E-state index in [1.54, 1.807) is 12.5 Å². The van der Waals surface area contributed by atoms with Gasteiger partial charge < -0.3 is 0 Å². The summed E-state index contributed by atoms with van der Waals surface area (Å²) in [5.74, 6) is 0. The molecule has 4 rings (SSSR count). The monoisotopic (exact) mass is 306 g/mol. The quantitative estimate of drug-likeness (QED) is 0.599. The minimum atomic E-state index is 0.692. The van der Waals surface area contributed by atoms with E-state index in [9.17, 15) is 0 Å². The molecule has 106 valence electrons. The van der Waals surface area contributed by atoms with Crippen LogP contribution in [0.25, 0.3) is 33.4 Å². The lowest BCUT2D eigenvalue weighted by molar-refractivity contribution is 1.12. The third kappa shape index (κ3) is 2.34. The smallest absolute Gasteiger partial charge is 0.116 e. The SMILES string of the molecule is Clc1cccc(-c2cc(-c3ccc4[nH]ncc4c3)ncn2)c1. The number of halogens is 1. The summed E-state index contributed by atoms with van der Waals surface area (Å²) in [4.78, 5) is 8.71. The summed E-state index contributed by atoms with van der Waals surface area (Å²) < 4.78 is 0. The van der Waals surface area contributed by atoms with Crippen LogP contribution in [0.15, 0.2) is 61.1 Å². The van der Waals surface area contributed by atoms with Crippen LogP contribution in [0.1, 0.15) is 0 Å². The van der Waals surface area contributed by atoms with Gasteiger partial charge in [0.25, 0.3) is 0 Å². The van der Waals surface area contributed by atoms with Gasteiger partial charge in [-0.15, -0.1) is 0 Å². The fourth-order valence-electron chi connectivity index (χ4n) is 2.42. The number of rotatable bonds is 2. The summed E-state index contributed by atoms with van der Waals surface area (Å²) in [7, 11) is 0. The van der Waals surface area contributed by atoms with Crippen LogP contribution in [0.3, 0.4) is 0 Å². The zero-order valence-electron chi connectivity index (χ0n) is 11.5. The molecule has 0 saturated carbocycles. The van der Waals surface area contributed by atoms with Gasteiger partial charge in [0.2, 0.25) is 0 Å². The van der Waals surface area contributed by atoms with Crippen LogP contribution in [0.4, 0.5) is 0 Å². The van der Waals surface area contributed by atoms with Gasteiger partial charge in [-0.25, -0.2) is 9.97 Å². The molecule has 5 heteroatoms. The Morgan fingerprint density at radius 2 is 1.68 bits per heavy atom. The maximum Gasteiger partial charge on any atom is 0.116 e. The van der Waals surface area contributed by atoms with Crippen molar-refractivity contribution in [2.75, 3.05) is 0 Å². The number of aromatic amines is 1. The number of aromatic nitrogens is 4. The van der Waals surface area contributed by atoms with Gasteiger partial charge in [-0.2, -0.15) is 5.10 Å². The van der Waals surface area contributed by atoms with E-state index in [-0.39, 0.29) is 0 Å². The number of benzene rings is 2. The molecule has 2 aromatic heterocycles. The van der Waals surface area contributed by atoms with Crippen molar-refractivity contribution in [2.24, 2.45) is 0 Å². The second-order valence-corrected chi connectivity index (χ2v) is 5.41. The number of H-pyrrole nitrogens is 1. The number of nitrogens with zero attached hydrogens (tertiary/aromatic N) is 3. The highest BCUT2D eigenvalue weighted by molar-refractivity contribution is 6.30. The first kappa shape index (κ1) is 13.0. The van der Waals surface area contributed by atoms with Gasteiger partial charge in [-0.05, 0) is 30.3 Å². The number of nitrogens with one attached hydrogen (secondary N) is 1. The Hall–Kier alpha value is -2.72. The van der Waals surface area contributed by atoms with Crippen LogP contribution < -0.4 is 0 Å². The van der Waals surface area contributed by atoms with Crippen molar-refractivity contribution in [3.05, 3.63) is 66.1 Å². The van der Waals surface area contributed by atoms with E-state index in [2.05, 4.69) is 26.2 Å². The van der Waals surface area contributed by atoms with Crippen LogP contribution >= 0.6 is 11.6 Å². The van der Waals surface area contributed by atoms with Crippen molar-refractivity contribution < 1.29 is 0 Å². The summed E-state index contributed by atoms with van der Waals surface area (Å²) in [6, 6.07) is 15.7. The van der Waals surface area contributed by atoms with E-state index < -0.39 is 0 Å². The first-order valence-electron chi connectivity index (χ1n) is 6.81. The van der Waals surface area contributed by atoms with E-state index in [1.165, 1.54) is 0 Å². The Kier molecular flexibility index (Phi) is 3.09. The van der Waals surface area contributed by atoms with Crippen LogP contribution in [0.2, 0.25) is 5.02 Å². The molecule has 0 aliphatic carbocycles. The number of fused-ring (bicyclic) bond motifs is 1. The van der Waals surface area contributed by atoms with Gasteiger partial charge >= 0.3 is 0 Å². The van der Waals surface area contributed by atoms with E-state index >= 15 is 0 Å². The second-order valence-electron chi connectivity index (χ2n) is 4.97. The highest BCUT2D eigenvalue weighted by Crippen LogP contribution is 2.26. The lowest BCUT2D eigenvalue weighted by atomic mass is 10.1. The van der Waals surface area contributed by atoms with Crippen molar-refractivity contribution >= 4 is 22.5 Å². The minimum absolute atomic E-state index is 0.692.